The quantitative estimate of drug-likeness (QED) is 0.0887. The minimum atomic E-state index is -5.10. The van der Waals surface area contributed by atoms with E-state index in [2.05, 4.69) is 32.0 Å². The summed E-state index contributed by atoms with van der Waals surface area (Å²) in [6.07, 6.45) is -4.65. The van der Waals surface area contributed by atoms with Crippen molar-refractivity contribution in [1.82, 2.24) is 24.5 Å². The van der Waals surface area contributed by atoms with Crippen molar-refractivity contribution in [1.29, 1.82) is 0 Å². The van der Waals surface area contributed by atoms with Crippen LogP contribution in [0, 0.1) is 34.6 Å². The number of carbonyl (C=O) groups excluding carboxylic acids is 1. The minimum absolute atomic E-state index is 0.00695. The topological polar surface area (TPSA) is 143 Å². The van der Waals surface area contributed by atoms with E-state index in [0.717, 1.165) is 18.4 Å². The van der Waals surface area contributed by atoms with Gasteiger partial charge in [0.1, 0.15) is 40.6 Å². The number of alkyl halides is 5. The molecule has 2 N–H and O–H groups in total. The van der Waals surface area contributed by atoms with Crippen LogP contribution in [0.4, 0.5) is 36.6 Å². The van der Waals surface area contributed by atoms with Gasteiger partial charge in [-0.05, 0) is 68.0 Å². The summed E-state index contributed by atoms with van der Waals surface area (Å²) in [5, 5.41) is 31.0. The fourth-order valence-corrected chi connectivity index (χ4v) is 7.70. The normalized spacial score (nSPS) is 18.5. The molecule has 1 fully saturated rings. The van der Waals surface area contributed by atoms with E-state index in [1.165, 1.54) is 49.8 Å². The zero-order valence-electron chi connectivity index (χ0n) is 30.1. The SMILES string of the molecule is Cn1nc([NH+]([O-])S(C)=O)c2c(Cl)ccc(-c3ccc(C#CC(C)(C)O)nc3C(Cc3cc(F)cc(F)c3)=NC(=O)Cn3nc(C(F)(F)F)c4c3C(F)(F)[C@@H]3C[C@H]43)c21. The lowest BCUT2D eigenvalue weighted by Crippen LogP contribution is -3.02. The summed E-state index contributed by atoms with van der Waals surface area (Å²) >= 11 is 6.55. The molecule has 2 aliphatic rings. The van der Waals surface area contributed by atoms with Crippen molar-refractivity contribution in [2.45, 2.75) is 56.9 Å². The molecule has 11 nitrogen and oxygen atoms in total. The highest BCUT2D eigenvalue weighted by atomic mass is 35.5. The maximum absolute atomic E-state index is 15.4. The zero-order chi connectivity index (χ0) is 41.5. The van der Waals surface area contributed by atoms with Crippen molar-refractivity contribution in [2.24, 2.45) is 18.0 Å². The van der Waals surface area contributed by atoms with E-state index in [4.69, 9.17) is 11.6 Å². The molecule has 5 aromatic rings. The summed E-state index contributed by atoms with van der Waals surface area (Å²) < 4.78 is 115. The largest absolute Gasteiger partial charge is 0.613 e. The molecule has 2 aromatic carbocycles. The molecule has 57 heavy (non-hydrogen) atoms. The third-order valence-electron chi connectivity index (χ3n) is 9.39. The highest BCUT2D eigenvalue weighted by Gasteiger charge is 2.68. The van der Waals surface area contributed by atoms with Crippen LogP contribution in [0.25, 0.3) is 22.0 Å². The number of aliphatic hydroxyl groups is 1. The van der Waals surface area contributed by atoms with Gasteiger partial charge in [0.25, 0.3) is 17.6 Å². The number of carbonyl (C=O) groups is 1. The number of fused-ring (bicyclic) bond motifs is 4. The number of aliphatic imine (C=N–C) groups is 1. The van der Waals surface area contributed by atoms with Crippen LogP contribution < -0.4 is 4.47 Å². The van der Waals surface area contributed by atoms with Crippen molar-refractivity contribution >= 4 is 50.9 Å². The van der Waals surface area contributed by atoms with Crippen LogP contribution in [0.15, 0.2) is 47.5 Å². The number of nitrogens with zero attached hydrogens (tertiary/aromatic N) is 6. The average molecular weight is 836 g/mol. The summed E-state index contributed by atoms with van der Waals surface area (Å²) in [6.45, 7) is 1.63. The Morgan fingerprint density at radius 2 is 1.79 bits per heavy atom. The summed E-state index contributed by atoms with van der Waals surface area (Å²) in [5.74, 6) is -4.36. The van der Waals surface area contributed by atoms with Crippen LogP contribution in [0.5, 0.6) is 0 Å². The number of amides is 1. The molecule has 0 radical (unpaired) electrons. The second-order valence-electron chi connectivity index (χ2n) is 14.2. The molecule has 20 heteroatoms. The van der Waals surface area contributed by atoms with Gasteiger partial charge in [-0.1, -0.05) is 23.6 Å². The van der Waals surface area contributed by atoms with E-state index in [-0.39, 0.29) is 62.0 Å². The molecular formula is C37H29ClF7N7O4S. The molecule has 1 saturated carbocycles. The fraction of sp³-hybridized carbons (Fsp3) is 0.324. The van der Waals surface area contributed by atoms with Gasteiger partial charge < -0.3 is 10.3 Å². The Morgan fingerprint density at radius 3 is 2.42 bits per heavy atom. The van der Waals surface area contributed by atoms with Crippen LogP contribution in [0.2, 0.25) is 5.02 Å². The molecule has 2 aliphatic carbocycles. The maximum Gasteiger partial charge on any atom is 0.435 e. The van der Waals surface area contributed by atoms with Crippen molar-refractivity contribution in [2.75, 3.05) is 6.26 Å². The molecule has 0 saturated heterocycles. The fourth-order valence-electron chi connectivity index (χ4n) is 7.05. The molecule has 7 rings (SSSR count). The maximum atomic E-state index is 15.4. The number of hydrogen-bond acceptors (Lipinski definition) is 7. The molecule has 0 bridgehead atoms. The summed E-state index contributed by atoms with van der Waals surface area (Å²) in [6, 6.07) is 8.29. The summed E-state index contributed by atoms with van der Waals surface area (Å²) in [4.78, 5) is 22.5. The van der Waals surface area contributed by atoms with E-state index >= 15 is 8.78 Å². The first-order valence-electron chi connectivity index (χ1n) is 17.0. The molecule has 298 valence electrons. The van der Waals surface area contributed by atoms with Crippen molar-refractivity contribution in [3.8, 4) is 23.0 Å². The van der Waals surface area contributed by atoms with Crippen LogP contribution in [-0.4, -0.2) is 57.3 Å². The number of halogens is 8. The predicted molar refractivity (Wildman–Crippen MR) is 194 cm³/mol. The van der Waals surface area contributed by atoms with Gasteiger partial charge in [-0.3, -0.25) is 14.2 Å². The number of quaternary nitrogens is 1. The molecule has 4 atom stereocenters. The summed E-state index contributed by atoms with van der Waals surface area (Å²) in [7, 11) is -0.531. The lowest BCUT2D eigenvalue weighted by molar-refractivity contribution is -0.620. The minimum Gasteiger partial charge on any atom is -0.613 e. The molecule has 3 heterocycles. The number of rotatable bonds is 8. The lowest BCUT2D eigenvalue weighted by Gasteiger charge is -2.16. The van der Waals surface area contributed by atoms with Gasteiger partial charge in [0, 0.05) is 42.1 Å². The number of hydrogen-bond donors (Lipinski definition) is 2. The van der Waals surface area contributed by atoms with Gasteiger partial charge in [-0.2, -0.15) is 31.3 Å². The van der Waals surface area contributed by atoms with Crippen LogP contribution in [0.3, 0.4) is 0 Å². The van der Waals surface area contributed by atoms with E-state index in [1.54, 1.807) is 0 Å². The second kappa shape index (κ2) is 14.1. The van der Waals surface area contributed by atoms with Crippen molar-refractivity contribution < 1.29 is 49.3 Å². The van der Waals surface area contributed by atoms with E-state index in [1.807, 2.05) is 0 Å². The Morgan fingerprint density at radius 1 is 1.12 bits per heavy atom. The molecule has 2 unspecified atom stereocenters. The van der Waals surface area contributed by atoms with Gasteiger partial charge in [-0.15, -0.1) is 5.10 Å². The van der Waals surface area contributed by atoms with Gasteiger partial charge in [0.2, 0.25) is 11.0 Å². The Kier molecular flexibility index (Phi) is 9.96. The van der Waals surface area contributed by atoms with Gasteiger partial charge in [-0.25, -0.2) is 23.2 Å². The number of aromatic nitrogens is 5. The van der Waals surface area contributed by atoms with Gasteiger partial charge in [0.15, 0.2) is 5.69 Å². The van der Waals surface area contributed by atoms with Crippen LogP contribution >= 0.6 is 11.6 Å². The van der Waals surface area contributed by atoms with Crippen molar-refractivity contribution in [3.63, 3.8) is 0 Å². The number of pyridine rings is 1. The van der Waals surface area contributed by atoms with Gasteiger partial charge in [0.05, 0.1) is 28.2 Å². The Hall–Kier alpha value is -5.00. The predicted octanol–water partition coefficient (Wildman–Crippen LogP) is 5.68. The third kappa shape index (κ3) is 7.59. The van der Waals surface area contributed by atoms with Gasteiger partial charge >= 0.3 is 6.18 Å². The average Bonchev–Trinajstić information content (AvgIpc) is 3.62. The van der Waals surface area contributed by atoms with E-state index < -0.39 is 92.4 Å². The Balaban J connectivity index is 1.45. The molecule has 0 aliphatic heterocycles. The van der Waals surface area contributed by atoms with Crippen molar-refractivity contribution in [3.05, 3.63) is 98.2 Å². The smallest absolute Gasteiger partial charge is 0.435 e. The van der Waals surface area contributed by atoms with Crippen LogP contribution in [0.1, 0.15) is 60.1 Å². The first-order valence-corrected chi connectivity index (χ1v) is 18.9. The van der Waals surface area contributed by atoms with E-state index in [0.29, 0.717) is 10.7 Å². The highest BCUT2D eigenvalue weighted by molar-refractivity contribution is 7.77. The zero-order valence-corrected chi connectivity index (χ0v) is 31.7. The van der Waals surface area contributed by atoms with E-state index in [9.17, 15) is 41.3 Å². The molecular weight excluding hydrogens is 807 g/mol. The lowest BCUT2D eigenvalue weighted by atomic mass is 9.95. The number of nitrogens with one attached hydrogen (secondary N) is 1. The number of aryl methyl sites for hydroxylation is 1. The summed E-state index contributed by atoms with van der Waals surface area (Å²) in [5.41, 5.74) is -4.73. The monoisotopic (exact) mass is 835 g/mol. The number of benzene rings is 2. The Bertz CT molecular complexity index is 2600. The first-order chi connectivity index (χ1) is 26.5. The molecule has 3 aromatic heterocycles. The van der Waals surface area contributed by atoms with Crippen LogP contribution in [-0.2, 0) is 47.9 Å². The first kappa shape index (κ1) is 40.2. The highest BCUT2D eigenvalue weighted by Crippen LogP contribution is 2.68. The molecule has 0 spiro atoms. The molecule has 1 amide bonds. The standard InChI is InChI=1S/C37H29ClF7N7O4S/c1-35(2,54)10-9-20-5-6-21(22-7-8-25(38)29-31(22)50(3)49-34(29)52(55)57(4)56)30(46-20)26(13-17-11-18(39)14-19(40)12-17)47-27(53)16-51-33-28(32(48-51)37(43,44)45)23-15-24(23)36(33,41)42/h5-8,11-12,14,23-24,52,54H,13,15-16H2,1-4H3/t23-,24+,57?/m0/s1. The Labute approximate surface area is 326 Å². The third-order valence-corrected chi connectivity index (χ3v) is 10.4. The second-order valence-corrected chi connectivity index (χ2v) is 15.9.